The molecule has 0 aliphatic rings. The minimum Gasteiger partial charge on any atom is -0.485 e. The molecule has 0 unspecified atom stereocenters. The van der Waals surface area contributed by atoms with Crippen molar-refractivity contribution < 1.29 is 18.8 Å². The highest BCUT2D eigenvalue weighted by atomic mass is 16.5. The Kier molecular flexibility index (Phi) is 6.00. The van der Waals surface area contributed by atoms with E-state index in [0.29, 0.717) is 28.7 Å². The number of nitrogens with zero attached hydrogens (tertiary/aromatic N) is 2. The molecule has 0 spiro atoms. The van der Waals surface area contributed by atoms with Gasteiger partial charge in [-0.15, -0.1) is 0 Å². The van der Waals surface area contributed by atoms with Crippen LogP contribution in [0.25, 0.3) is 11.5 Å². The van der Waals surface area contributed by atoms with Gasteiger partial charge in [0.15, 0.2) is 13.2 Å². The van der Waals surface area contributed by atoms with Crippen LogP contribution in [-0.4, -0.2) is 22.7 Å². The second-order valence-electron chi connectivity index (χ2n) is 6.31. The molecule has 0 saturated heterocycles. The van der Waals surface area contributed by atoms with E-state index in [1.54, 1.807) is 24.3 Å². The van der Waals surface area contributed by atoms with Gasteiger partial charge in [0.1, 0.15) is 11.5 Å². The molecule has 0 radical (unpaired) electrons. The number of amides is 1. The number of benzene rings is 3. The number of ether oxygens (including phenoxy) is 2. The van der Waals surface area contributed by atoms with Gasteiger partial charge in [-0.25, -0.2) is 0 Å². The summed E-state index contributed by atoms with van der Waals surface area (Å²) >= 11 is 0. The van der Waals surface area contributed by atoms with E-state index in [2.05, 4.69) is 15.5 Å². The summed E-state index contributed by atoms with van der Waals surface area (Å²) in [5, 5.41) is 6.78. The maximum Gasteiger partial charge on any atom is 0.262 e. The molecule has 3 aromatic carbocycles. The summed E-state index contributed by atoms with van der Waals surface area (Å²) in [6.45, 7) is 0.0608. The first-order chi connectivity index (χ1) is 14.8. The van der Waals surface area contributed by atoms with Crippen molar-refractivity contribution in [2.45, 2.75) is 6.61 Å². The topological polar surface area (TPSA) is 86.5 Å². The number of para-hydroxylation sites is 3. The van der Waals surface area contributed by atoms with Crippen molar-refractivity contribution >= 4 is 11.6 Å². The molecule has 0 fully saturated rings. The van der Waals surface area contributed by atoms with Gasteiger partial charge >= 0.3 is 0 Å². The van der Waals surface area contributed by atoms with Gasteiger partial charge in [-0.2, -0.15) is 4.98 Å². The van der Waals surface area contributed by atoms with E-state index in [1.807, 2.05) is 60.7 Å². The zero-order valence-electron chi connectivity index (χ0n) is 16.0. The van der Waals surface area contributed by atoms with Crippen molar-refractivity contribution in [2.75, 3.05) is 11.9 Å². The highest BCUT2D eigenvalue weighted by molar-refractivity contribution is 5.95. The van der Waals surface area contributed by atoms with Crippen molar-refractivity contribution in [2.24, 2.45) is 0 Å². The normalized spacial score (nSPS) is 10.4. The summed E-state index contributed by atoms with van der Waals surface area (Å²) in [6, 6.07) is 25.7. The van der Waals surface area contributed by atoms with Crippen LogP contribution in [0.2, 0.25) is 0 Å². The average molecular weight is 401 g/mol. The predicted molar refractivity (Wildman–Crippen MR) is 111 cm³/mol. The quantitative estimate of drug-likeness (QED) is 0.473. The number of carbonyl (C=O) groups is 1. The van der Waals surface area contributed by atoms with Crippen LogP contribution in [0.4, 0.5) is 5.69 Å². The van der Waals surface area contributed by atoms with E-state index in [4.69, 9.17) is 14.0 Å². The lowest BCUT2D eigenvalue weighted by atomic mass is 10.1. The third-order valence-corrected chi connectivity index (χ3v) is 4.12. The van der Waals surface area contributed by atoms with Crippen LogP contribution in [0, 0.1) is 0 Å². The first-order valence-corrected chi connectivity index (χ1v) is 9.35. The number of nitrogens with one attached hydrogen (secondary N) is 1. The van der Waals surface area contributed by atoms with Gasteiger partial charge in [0.05, 0.1) is 11.3 Å². The molecule has 1 heterocycles. The van der Waals surface area contributed by atoms with Gasteiger partial charge < -0.3 is 19.3 Å². The van der Waals surface area contributed by atoms with Crippen LogP contribution < -0.4 is 14.8 Å². The molecular weight excluding hydrogens is 382 g/mol. The van der Waals surface area contributed by atoms with E-state index < -0.39 is 0 Å². The maximum absolute atomic E-state index is 12.3. The van der Waals surface area contributed by atoms with Crippen molar-refractivity contribution in [3.05, 3.63) is 90.8 Å². The first-order valence-electron chi connectivity index (χ1n) is 9.35. The zero-order chi connectivity index (χ0) is 20.6. The lowest BCUT2D eigenvalue weighted by molar-refractivity contribution is -0.118. The number of carbonyl (C=O) groups excluding carboxylic acids is 1. The summed E-state index contributed by atoms with van der Waals surface area (Å²) in [4.78, 5) is 16.7. The molecule has 150 valence electrons. The molecule has 0 aliphatic carbocycles. The van der Waals surface area contributed by atoms with Crippen molar-refractivity contribution in [1.29, 1.82) is 0 Å². The fourth-order valence-electron chi connectivity index (χ4n) is 2.72. The summed E-state index contributed by atoms with van der Waals surface area (Å²) in [7, 11) is 0. The van der Waals surface area contributed by atoms with Crippen molar-refractivity contribution in [3.8, 4) is 23.0 Å². The first kappa shape index (κ1) is 19.2. The monoisotopic (exact) mass is 401 g/mol. The third-order valence-electron chi connectivity index (χ3n) is 4.12. The number of hydrogen-bond donors (Lipinski definition) is 1. The SMILES string of the molecule is O=C(COc1ccccc1)Nc1ccccc1-c1nc(COc2ccccc2)no1. The van der Waals surface area contributed by atoms with Crippen LogP contribution in [0.3, 0.4) is 0 Å². The van der Waals surface area contributed by atoms with Crippen LogP contribution in [0.1, 0.15) is 5.82 Å². The molecule has 0 aliphatic heterocycles. The smallest absolute Gasteiger partial charge is 0.262 e. The van der Waals surface area contributed by atoms with Gasteiger partial charge in [-0.3, -0.25) is 4.79 Å². The third kappa shape index (κ3) is 5.02. The van der Waals surface area contributed by atoms with E-state index in [9.17, 15) is 4.79 Å². The van der Waals surface area contributed by atoms with Gasteiger partial charge in [0.25, 0.3) is 11.8 Å². The fourth-order valence-corrected chi connectivity index (χ4v) is 2.72. The Morgan fingerprint density at radius 2 is 1.47 bits per heavy atom. The van der Waals surface area contributed by atoms with Gasteiger partial charge in [-0.05, 0) is 36.4 Å². The van der Waals surface area contributed by atoms with E-state index in [1.165, 1.54) is 0 Å². The van der Waals surface area contributed by atoms with Gasteiger partial charge in [0, 0.05) is 0 Å². The Morgan fingerprint density at radius 1 is 0.833 bits per heavy atom. The zero-order valence-corrected chi connectivity index (χ0v) is 16.0. The summed E-state index contributed by atoms with van der Waals surface area (Å²) in [5.74, 6) is 1.75. The molecule has 7 nitrogen and oxygen atoms in total. The summed E-state index contributed by atoms with van der Waals surface area (Å²) in [5.41, 5.74) is 1.17. The lowest BCUT2D eigenvalue weighted by Gasteiger charge is -2.09. The highest BCUT2D eigenvalue weighted by Gasteiger charge is 2.15. The second kappa shape index (κ2) is 9.38. The molecule has 0 atom stereocenters. The number of rotatable bonds is 8. The Hall–Kier alpha value is -4.13. The molecule has 4 aromatic rings. The Balaban J connectivity index is 1.40. The van der Waals surface area contributed by atoms with Crippen LogP contribution in [-0.2, 0) is 11.4 Å². The number of aromatic nitrogens is 2. The largest absolute Gasteiger partial charge is 0.485 e. The molecule has 0 saturated carbocycles. The van der Waals surface area contributed by atoms with Crippen LogP contribution >= 0.6 is 0 Å². The molecule has 1 aromatic heterocycles. The Labute approximate surface area is 173 Å². The summed E-state index contributed by atoms with van der Waals surface area (Å²) < 4.78 is 16.5. The van der Waals surface area contributed by atoms with E-state index >= 15 is 0 Å². The molecule has 1 amide bonds. The molecular formula is C23H19N3O4. The molecule has 0 bridgehead atoms. The van der Waals surface area contributed by atoms with Crippen molar-refractivity contribution in [1.82, 2.24) is 10.1 Å². The number of hydrogen-bond acceptors (Lipinski definition) is 6. The van der Waals surface area contributed by atoms with E-state index in [-0.39, 0.29) is 19.1 Å². The standard InChI is InChI=1S/C23H19N3O4/c27-22(16-29-18-11-5-2-6-12-18)24-20-14-8-7-13-19(20)23-25-21(26-30-23)15-28-17-9-3-1-4-10-17/h1-14H,15-16H2,(H,24,27). The second-order valence-corrected chi connectivity index (χ2v) is 6.31. The predicted octanol–water partition coefficient (Wildman–Crippen LogP) is 4.33. The molecule has 1 N–H and O–H groups in total. The summed E-state index contributed by atoms with van der Waals surface area (Å²) in [6.07, 6.45) is 0. The maximum atomic E-state index is 12.3. The molecule has 4 rings (SSSR count). The molecule has 7 heteroatoms. The van der Waals surface area contributed by atoms with Crippen LogP contribution in [0.15, 0.2) is 89.5 Å². The minimum atomic E-state index is -0.293. The van der Waals surface area contributed by atoms with Crippen molar-refractivity contribution in [3.63, 3.8) is 0 Å². The van der Waals surface area contributed by atoms with Gasteiger partial charge in [-0.1, -0.05) is 53.7 Å². The Morgan fingerprint density at radius 3 is 2.20 bits per heavy atom. The minimum absolute atomic E-state index is 0.113. The average Bonchev–Trinajstić information content (AvgIpc) is 3.27. The fraction of sp³-hybridized carbons (Fsp3) is 0.0870. The Bertz CT molecular complexity index is 1100. The lowest BCUT2D eigenvalue weighted by Crippen LogP contribution is -2.20. The number of anilines is 1. The van der Waals surface area contributed by atoms with Gasteiger partial charge in [0.2, 0.25) is 5.82 Å². The molecule has 30 heavy (non-hydrogen) atoms. The van der Waals surface area contributed by atoms with E-state index in [0.717, 1.165) is 5.75 Å². The van der Waals surface area contributed by atoms with Crippen LogP contribution in [0.5, 0.6) is 11.5 Å². The highest BCUT2D eigenvalue weighted by Crippen LogP contribution is 2.26.